The average Bonchev–Trinajstić information content (AvgIpc) is 3.36. The number of hydrogen-bond donors (Lipinski definition) is 1. The van der Waals surface area contributed by atoms with Crippen LogP contribution in [-0.4, -0.2) is 29.7 Å². The van der Waals surface area contributed by atoms with Crippen LogP contribution in [0.5, 0.6) is 0 Å². The van der Waals surface area contributed by atoms with E-state index in [1.807, 2.05) is 54.9 Å². The first-order valence-electron chi connectivity index (χ1n) is 9.63. The summed E-state index contributed by atoms with van der Waals surface area (Å²) in [6.45, 7) is 5.21. The van der Waals surface area contributed by atoms with Gasteiger partial charge in [0, 0.05) is 28.4 Å². The zero-order valence-corrected chi connectivity index (χ0v) is 18.1. The quantitative estimate of drug-likeness (QED) is 0.634. The second-order valence-electron chi connectivity index (χ2n) is 7.53. The van der Waals surface area contributed by atoms with E-state index in [1.165, 1.54) is 0 Å². The van der Waals surface area contributed by atoms with Gasteiger partial charge in [-0.15, -0.1) is 0 Å². The summed E-state index contributed by atoms with van der Waals surface area (Å²) in [6, 6.07) is 11.4. The summed E-state index contributed by atoms with van der Waals surface area (Å²) >= 11 is 5.94. The highest BCUT2D eigenvalue weighted by Gasteiger charge is 2.31. The maximum atomic E-state index is 11.8. The molecule has 3 aromatic rings. The number of nitrogens with one attached hydrogen (secondary N) is 1. The summed E-state index contributed by atoms with van der Waals surface area (Å²) in [5.41, 5.74) is 4.05. The number of aryl methyl sites for hydroxylation is 1. The molecule has 0 saturated carbocycles. The van der Waals surface area contributed by atoms with Gasteiger partial charge in [-0.1, -0.05) is 11.6 Å². The van der Waals surface area contributed by atoms with Crippen molar-refractivity contribution in [1.82, 2.24) is 15.1 Å². The molecule has 0 bridgehead atoms. The van der Waals surface area contributed by atoms with E-state index in [0.717, 1.165) is 34.0 Å². The summed E-state index contributed by atoms with van der Waals surface area (Å²) in [4.78, 5) is 0. The van der Waals surface area contributed by atoms with Crippen molar-refractivity contribution >= 4 is 21.4 Å². The van der Waals surface area contributed by atoms with Crippen LogP contribution in [-0.2, 0) is 22.9 Å². The van der Waals surface area contributed by atoms with E-state index in [0.29, 0.717) is 24.5 Å². The van der Waals surface area contributed by atoms with Crippen molar-refractivity contribution in [2.45, 2.75) is 39.4 Å². The largest absolute Gasteiger partial charge is 0.460 e. The van der Waals surface area contributed by atoms with Crippen molar-refractivity contribution in [3.05, 3.63) is 64.1 Å². The Balaban J connectivity index is 1.39. The Morgan fingerprint density at radius 2 is 1.93 bits per heavy atom. The number of nitrogens with zero attached hydrogens (tertiary/aromatic N) is 2. The third-order valence-electron chi connectivity index (χ3n) is 5.42. The van der Waals surface area contributed by atoms with E-state index >= 15 is 0 Å². The second-order valence-corrected chi connectivity index (χ2v) is 10.2. The van der Waals surface area contributed by atoms with Gasteiger partial charge in [-0.2, -0.15) is 5.10 Å². The minimum Gasteiger partial charge on any atom is -0.460 e. The predicted octanol–water partition coefficient (Wildman–Crippen LogP) is 4.06. The molecule has 3 heterocycles. The third-order valence-corrected chi connectivity index (χ3v) is 7.42. The van der Waals surface area contributed by atoms with Gasteiger partial charge in [0.1, 0.15) is 11.5 Å². The van der Waals surface area contributed by atoms with E-state index in [2.05, 4.69) is 10.4 Å². The maximum Gasteiger partial charge on any atom is 0.152 e. The van der Waals surface area contributed by atoms with Gasteiger partial charge >= 0.3 is 0 Å². The lowest BCUT2D eigenvalue weighted by atomic mass is 10.2. The number of sulfone groups is 1. The van der Waals surface area contributed by atoms with Gasteiger partial charge in [0.05, 0.1) is 29.8 Å². The zero-order valence-electron chi connectivity index (χ0n) is 16.5. The molecule has 1 saturated heterocycles. The Bertz CT molecular complexity index is 1120. The van der Waals surface area contributed by atoms with Gasteiger partial charge in [0.2, 0.25) is 0 Å². The highest BCUT2D eigenvalue weighted by atomic mass is 35.5. The molecule has 1 aliphatic heterocycles. The first-order chi connectivity index (χ1) is 13.8. The highest BCUT2D eigenvalue weighted by molar-refractivity contribution is 7.91. The highest BCUT2D eigenvalue weighted by Crippen LogP contribution is 2.27. The van der Waals surface area contributed by atoms with Crippen LogP contribution in [0.3, 0.4) is 0 Å². The van der Waals surface area contributed by atoms with Gasteiger partial charge in [-0.05, 0) is 56.7 Å². The number of rotatable bonds is 6. The summed E-state index contributed by atoms with van der Waals surface area (Å²) < 4.78 is 31.4. The Hall–Kier alpha value is -2.09. The second kappa shape index (κ2) is 7.97. The van der Waals surface area contributed by atoms with E-state index in [1.54, 1.807) is 0 Å². The van der Waals surface area contributed by atoms with Crippen molar-refractivity contribution < 1.29 is 12.8 Å². The molecule has 0 amide bonds. The van der Waals surface area contributed by atoms with Crippen LogP contribution < -0.4 is 5.32 Å². The molecule has 8 heteroatoms. The average molecular weight is 434 g/mol. The Labute approximate surface area is 175 Å². The van der Waals surface area contributed by atoms with Crippen molar-refractivity contribution in [3.63, 3.8) is 0 Å². The van der Waals surface area contributed by atoms with Crippen molar-refractivity contribution in [1.29, 1.82) is 0 Å². The summed E-state index contributed by atoms with van der Waals surface area (Å²) in [5, 5.41) is 8.72. The fraction of sp³-hybridized carbons (Fsp3) is 0.381. The molecule has 154 valence electrons. The molecule has 1 aliphatic rings. The number of furan rings is 1. The molecular weight excluding hydrogens is 410 g/mol. The molecule has 2 aromatic heterocycles. The van der Waals surface area contributed by atoms with Crippen molar-refractivity contribution in [3.8, 4) is 11.3 Å². The van der Waals surface area contributed by atoms with Gasteiger partial charge in [-0.25, -0.2) is 8.42 Å². The molecule has 1 fully saturated rings. The van der Waals surface area contributed by atoms with Crippen LogP contribution in [0, 0.1) is 13.8 Å². The Morgan fingerprint density at radius 3 is 2.62 bits per heavy atom. The number of benzene rings is 1. The molecule has 0 aliphatic carbocycles. The lowest BCUT2D eigenvalue weighted by Crippen LogP contribution is -2.16. The standard InChI is InChI=1S/C21H24ClN3O3S/c1-14-20(15(2)25(24-14)18-9-10-29(26,27)13-18)12-23-11-19-7-8-21(28-19)16-3-5-17(22)6-4-16/h3-8,18,23H,9-13H2,1-2H3/t18-/m0/s1. The van der Waals surface area contributed by atoms with Crippen LogP contribution in [0.15, 0.2) is 40.8 Å². The van der Waals surface area contributed by atoms with Crippen molar-refractivity contribution in [2.75, 3.05) is 11.5 Å². The van der Waals surface area contributed by atoms with Crippen LogP contribution in [0.4, 0.5) is 0 Å². The van der Waals surface area contributed by atoms with E-state index < -0.39 is 9.84 Å². The van der Waals surface area contributed by atoms with Gasteiger partial charge in [-0.3, -0.25) is 4.68 Å². The van der Waals surface area contributed by atoms with Crippen LogP contribution in [0.2, 0.25) is 5.02 Å². The van der Waals surface area contributed by atoms with E-state index in [-0.39, 0.29) is 17.5 Å². The lowest BCUT2D eigenvalue weighted by Gasteiger charge is -2.11. The third kappa shape index (κ3) is 4.42. The van der Waals surface area contributed by atoms with Crippen molar-refractivity contribution in [2.24, 2.45) is 0 Å². The first-order valence-corrected chi connectivity index (χ1v) is 11.8. The fourth-order valence-corrected chi connectivity index (χ4v) is 5.65. The lowest BCUT2D eigenvalue weighted by molar-refractivity contribution is 0.482. The van der Waals surface area contributed by atoms with Crippen LogP contribution in [0.1, 0.15) is 35.2 Å². The summed E-state index contributed by atoms with van der Waals surface area (Å²) in [5.74, 6) is 2.08. The SMILES string of the molecule is Cc1nn([C@H]2CCS(=O)(=O)C2)c(C)c1CNCc1ccc(-c2ccc(Cl)cc2)o1. The summed E-state index contributed by atoms with van der Waals surface area (Å²) in [6.07, 6.45) is 0.636. The number of aromatic nitrogens is 2. The Morgan fingerprint density at radius 1 is 1.17 bits per heavy atom. The number of hydrogen-bond acceptors (Lipinski definition) is 5. The monoisotopic (exact) mass is 433 g/mol. The smallest absolute Gasteiger partial charge is 0.152 e. The molecule has 0 radical (unpaired) electrons. The van der Waals surface area contributed by atoms with Crippen LogP contribution >= 0.6 is 11.6 Å². The molecule has 1 aromatic carbocycles. The molecule has 0 spiro atoms. The van der Waals surface area contributed by atoms with E-state index in [9.17, 15) is 8.42 Å². The first kappa shape index (κ1) is 20.2. The molecule has 29 heavy (non-hydrogen) atoms. The molecule has 6 nitrogen and oxygen atoms in total. The van der Waals surface area contributed by atoms with E-state index in [4.69, 9.17) is 16.0 Å². The van der Waals surface area contributed by atoms with Crippen LogP contribution in [0.25, 0.3) is 11.3 Å². The number of halogens is 1. The predicted molar refractivity (Wildman–Crippen MR) is 114 cm³/mol. The molecule has 0 unspecified atom stereocenters. The van der Waals surface area contributed by atoms with Gasteiger partial charge in [0.15, 0.2) is 9.84 Å². The minimum atomic E-state index is -2.94. The molecule has 1 N–H and O–H groups in total. The van der Waals surface area contributed by atoms with Gasteiger partial charge < -0.3 is 9.73 Å². The molecule has 4 rings (SSSR count). The topological polar surface area (TPSA) is 77.1 Å². The summed E-state index contributed by atoms with van der Waals surface area (Å²) in [7, 11) is -2.94. The molecule has 1 atom stereocenters. The Kier molecular flexibility index (Phi) is 5.55. The minimum absolute atomic E-state index is 0.0561. The molecular formula is C21H24ClN3O3S. The fourth-order valence-electron chi connectivity index (χ4n) is 3.83. The maximum absolute atomic E-state index is 11.8. The normalized spacial score (nSPS) is 18.4. The zero-order chi connectivity index (χ0) is 20.6. The van der Waals surface area contributed by atoms with Gasteiger partial charge in [0.25, 0.3) is 0 Å².